The Labute approximate surface area is 255 Å². The molecule has 7 nitrogen and oxygen atoms in total. The van der Waals surface area contributed by atoms with Gasteiger partial charge in [0.1, 0.15) is 10.8 Å². The van der Waals surface area contributed by atoms with Gasteiger partial charge in [-0.15, -0.1) is 10.2 Å². The van der Waals surface area contributed by atoms with Crippen LogP contribution in [-0.4, -0.2) is 47.2 Å². The van der Waals surface area contributed by atoms with Gasteiger partial charge in [-0.2, -0.15) is 0 Å². The Morgan fingerprint density at radius 3 is 2.49 bits per heavy atom. The van der Waals surface area contributed by atoms with Crippen LogP contribution in [0.15, 0.2) is 53.1 Å². The number of anilines is 1. The number of amides is 1. The normalized spacial score (nSPS) is 14.4. The number of allylic oxidation sites excluding steroid dienone is 3. The van der Waals surface area contributed by atoms with E-state index in [1.54, 1.807) is 32.4 Å². The van der Waals surface area contributed by atoms with Crippen LogP contribution in [-0.2, 0) is 4.79 Å². The lowest BCUT2D eigenvalue weighted by molar-refractivity contribution is -0.112. The molecule has 226 valence electrons. The van der Waals surface area contributed by atoms with Crippen LogP contribution in [0.2, 0.25) is 5.02 Å². The van der Waals surface area contributed by atoms with Gasteiger partial charge in [0.25, 0.3) is 5.91 Å². The number of aromatic nitrogens is 2. The molecule has 0 unspecified atom stereocenters. The molecule has 2 N–H and O–H groups in total. The molecule has 41 heavy (non-hydrogen) atoms. The second kappa shape index (κ2) is 19.3. The van der Waals surface area contributed by atoms with Crippen molar-refractivity contribution in [1.29, 1.82) is 0 Å². The highest BCUT2D eigenvalue weighted by Crippen LogP contribution is 2.39. The first-order valence-electron chi connectivity index (χ1n) is 14.3. The van der Waals surface area contributed by atoms with E-state index in [1.165, 1.54) is 48.8 Å². The SMILES string of the molecule is C=C1CC(O)(CCCCCC)C1.CC.CC/C=C/C(=C(\C=NC)C(=O)Nc1nnc(C)s1)c1cc(Cl)ccc1OC. The van der Waals surface area contributed by atoms with Gasteiger partial charge in [0.05, 0.1) is 18.3 Å². The van der Waals surface area contributed by atoms with Gasteiger partial charge in [-0.1, -0.05) is 101 Å². The van der Waals surface area contributed by atoms with Crippen molar-refractivity contribution in [1.82, 2.24) is 10.2 Å². The number of aliphatic imine (C=N–C) groups is 1. The summed E-state index contributed by atoms with van der Waals surface area (Å²) in [6, 6.07) is 5.27. The second-order valence-corrected chi connectivity index (χ2v) is 11.2. The molecule has 0 saturated heterocycles. The van der Waals surface area contributed by atoms with Gasteiger partial charge in [0.15, 0.2) is 0 Å². The molecular formula is C32H47ClN4O3S. The number of hydrogen-bond donors (Lipinski definition) is 2. The number of carbonyl (C=O) groups is 1. The molecule has 1 fully saturated rings. The molecule has 1 amide bonds. The van der Waals surface area contributed by atoms with Crippen LogP contribution in [0.5, 0.6) is 5.75 Å². The van der Waals surface area contributed by atoms with Crippen LogP contribution >= 0.6 is 22.9 Å². The highest BCUT2D eigenvalue weighted by atomic mass is 35.5. The number of benzene rings is 1. The zero-order valence-corrected chi connectivity index (χ0v) is 27.3. The third kappa shape index (κ3) is 12.3. The lowest BCUT2D eigenvalue weighted by Gasteiger charge is -2.38. The summed E-state index contributed by atoms with van der Waals surface area (Å²) in [5.41, 5.74) is 2.59. The molecule has 1 aliphatic rings. The summed E-state index contributed by atoms with van der Waals surface area (Å²) in [7, 11) is 3.18. The second-order valence-electron chi connectivity index (χ2n) is 9.59. The summed E-state index contributed by atoms with van der Waals surface area (Å²) in [5, 5.41) is 22.2. The lowest BCUT2D eigenvalue weighted by Crippen LogP contribution is -2.38. The van der Waals surface area contributed by atoms with E-state index in [4.69, 9.17) is 16.3 Å². The van der Waals surface area contributed by atoms with Crippen LogP contribution in [0.25, 0.3) is 5.57 Å². The Morgan fingerprint density at radius 2 is 1.95 bits per heavy atom. The number of nitrogens with zero attached hydrogens (tertiary/aromatic N) is 3. The van der Waals surface area contributed by atoms with E-state index < -0.39 is 0 Å². The molecule has 9 heteroatoms. The van der Waals surface area contributed by atoms with E-state index in [1.807, 2.05) is 39.8 Å². The first kappa shape index (κ1) is 36.2. The van der Waals surface area contributed by atoms with Gasteiger partial charge >= 0.3 is 0 Å². The predicted molar refractivity (Wildman–Crippen MR) is 175 cm³/mol. The number of halogens is 1. The third-order valence-corrected chi connectivity index (χ3v) is 7.15. The van der Waals surface area contributed by atoms with Gasteiger partial charge in [0, 0.05) is 23.8 Å². The zero-order chi connectivity index (χ0) is 30.8. The zero-order valence-electron chi connectivity index (χ0n) is 25.7. The largest absolute Gasteiger partial charge is 0.496 e. The number of aliphatic hydroxyl groups is 1. The predicted octanol–water partition coefficient (Wildman–Crippen LogP) is 8.63. The van der Waals surface area contributed by atoms with E-state index in [2.05, 4.69) is 34.0 Å². The number of aryl methyl sites for hydroxylation is 1. The minimum atomic E-state index is -0.356. The van der Waals surface area contributed by atoms with Crippen LogP contribution in [0.3, 0.4) is 0 Å². The Hall–Kier alpha value is -2.81. The molecule has 3 rings (SSSR count). The van der Waals surface area contributed by atoms with Crippen LogP contribution in [0, 0.1) is 6.92 Å². The van der Waals surface area contributed by atoms with Crippen LogP contribution in [0.4, 0.5) is 5.13 Å². The Kier molecular flexibility index (Phi) is 17.1. The summed E-state index contributed by atoms with van der Waals surface area (Å²) < 4.78 is 5.47. The fourth-order valence-electron chi connectivity index (χ4n) is 4.28. The van der Waals surface area contributed by atoms with E-state index in [0.717, 1.165) is 30.7 Å². The molecule has 1 aromatic heterocycles. The van der Waals surface area contributed by atoms with Gasteiger partial charge in [-0.25, -0.2) is 0 Å². The van der Waals surface area contributed by atoms with Gasteiger partial charge in [0.2, 0.25) is 5.13 Å². The maximum Gasteiger partial charge on any atom is 0.259 e. The summed E-state index contributed by atoms with van der Waals surface area (Å²) in [6.07, 6.45) is 13.8. The number of unbranched alkanes of at least 4 members (excludes halogenated alkanes) is 3. The van der Waals surface area contributed by atoms with Gasteiger partial charge < -0.3 is 9.84 Å². The highest BCUT2D eigenvalue weighted by molar-refractivity contribution is 7.15. The monoisotopic (exact) mass is 602 g/mol. The topological polar surface area (TPSA) is 96.7 Å². The molecule has 1 aromatic carbocycles. The number of nitrogens with one attached hydrogen (secondary N) is 1. The molecule has 0 bridgehead atoms. The van der Waals surface area contributed by atoms with Crippen LogP contribution in [0.1, 0.15) is 89.6 Å². The van der Waals surface area contributed by atoms with Crippen molar-refractivity contribution in [3.05, 3.63) is 63.7 Å². The summed E-state index contributed by atoms with van der Waals surface area (Å²) in [6.45, 7) is 13.9. The number of hydrogen-bond acceptors (Lipinski definition) is 7. The Morgan fingerprint density at radius 1 is 1.24 bits per heavy atom. The van der Waals surface area contributed by atoms with Crippen molar-refractivity contribution >= 4 is 45.8 Å². The average Bonchev–Trinajstić information content (AvgIpc) is 3.35. The fraction of sp³-hybridized carbons (Fsp3) is 0.500. The minimum Gasteiger partial charge on any atom is -0.496 e. The summed E-state index contributed by atoms with van der Waals surface area (Å²) in [5.74, 6) is 0.270. The number of rotatable bonds is 12. The first-order valence-corrected chi connectivity index (χ1v) is 15.5. The number of methoxy groups -OCH3 is 1. The molecule has 2 aromatic rings. The van der Waals surface area contributed by atoms with Crippen molar-refractivity contribution in [2.45, 2.75) is 91.6 Å². The van der Waals surface area contributed by atoms with E-state index in [0.29, 0.717) is 32.6 Å². The smallest absolute Gasteiger partial charge is 0.259 e. The lowest BCUT2D eigenvalue weighted by atomic mass is 9.73. The fourth-order valence-corrected chi connectivity index (χ4v) is 5.04. The van der Waals surface area contributed by atoms with Crippen molar-refractivity contribution in [2.75, 3.05) is 19.5 Å². The molecule has 0 aliphatic heterocycles. The summed E-state index contributed by atoms with van der Waals surface area (Å²) in [4.78, 5) is 17.0. The van der Waals surface area contributed by atoms with E-state index in [-0.39, 0.29) is 11.5 Å². The number of carbonyl (C=O) groups excluding carboxylic acids is 1. The molecule has 0 spiro atoms. The average molecular weight is 603 g/mol. The van der Waals surface area contributed by atoms with Crippen LogP contribution < -0.4 is 10.1 Å². The standard InChI is InChI=1S/C19H21ClN4O2S.C11H20O.C2H6/c1-5-6-7-14(15-10-13(20)8-9-17(15)26-4)16(11-21-3)18(25)22-19-24-23-12(2)27-19;1-3-4-5-6-7-11(12)8-10(2)9-11;1-2/h6-11H,5H2,1-4H3,(H,22,24,25);12H,2-9H2,1H3;1-2H3/b7-6+,16-14-,21-11?;;. The summed E-state index contributed by atoms with van der Waals surface area (Å²) >= 11 is 7.49. The molecule has 1 saturated carbocycles. The molecule has 1 heterocycles. The van der Waals surface area contributed by atoms with Gasteiger partial charge in [-0.3, -0.25) is 15.1 Å². The molecule has 0 radical (unpaired) electrons. The van der Waals surface area contributed by atoms with Crippen molar-refractivity contribution in [3.63, 3.8) is 0 Å². The first-order chi connectivity index (χ1) is 19.7. The molecular weight excluding hydrogens is 556 g/mol. The third-order valence-electron chi connectivity index (χ3n) is 6.17. The highest BCUT2D eigenvalue weighted by Gasteiger charge is 2.36. The maximum atomic E-state index is 12.9. The minimum absolute atomic E-state index is 0.338. The van der Waals surface area contributed by atoms with E-state index in [9.17, 15) is 9.90 Å². The van der Waals surface area contributed by atoms with Crippen molar-refractivity contribution in [3.8, 4) is 5.75 Å². The Bertz CT molecular complexity index is 1200. The van der Waals surface area contributed by atoms with Crippen molar-refractivity contribution < 1.29 is 14.6 Å². The van der Waals surface area contributed by atoms with E-state index >= 15 is 0 Å². The maximum absolute atomic E-state index is 12.9. The molecule has 0 atom stereocenters. The van der Waals surface area contributed by atoms with Gasteiger partial charge in [-0.05, 0) is 56.4 Å². The Balaban J connectivity index is 0.000000500. The van der Waals surface area contributed by atoms with Crippen molar-refractivity contribution in [2.24, 2.45) is 4.99 Å². The number of ether oxygens (including phenoxy) is 1. The molecule has 1 aliphatic carbocycles. The quantitative estimate of drug-likeness (QED) is 0.0833.